The number of hydrogen-bond acceptors (Lipinski definition) is 2. The molecular formula is C14H15BrF2N2O. The largest absolute Gasteiger partial charge is 0.328 e. The van der Waals surface area contributed by atoms with Gasteiger partial charge in [0.2, 0.25) is 0 Å². The average Bonchev–Trinajstić information content (AvgIpc) is 2.38. The Bertz CT molecular complexity index is 698. The molecule has 108 valence electrons. The zero-order valence-electron chi connectivity index (χ0n) is 11.0. The molecule has 1 aromatic heterocycles. The molecule has 1 atom stereocenters. The fourth-order valence-electron chi connectivity index (χ4n) is 2.10. The Labute approximate surface area is 123 Å². The predicted molar refractivity (Wildman–Crippen MR) is 78.7 cm³/mol. The number of halogens is 3. The van der Waals surface area contributed by atoms with E-state index >= 15 is 0 Å². The number of rotatable bonds is 4. The molecule has 2 rings (SSSR count). The van der Waals surface area contributed by atoms with Gasteiger partial charge in [-0.25, -0.2) is 8.78 Å². The van der Waals surface area contributed by atoms with Crippen LogP contribution in [0.1, 0.15) is 19.8 Å². The lowest BCUT2D eigenvalue weighted by atomic mass is 10.1. The summed E-state index contributed by atoms with van der Waals surface area (Å²) < 4.78 is 28.9. The van der Waals surface area contributed by atoms with Crippen molar-refractivity contribution < 1.29 is 8.78 Å². The molecule has 1 heterocycles. The minimum Gasteiger partial charge on any atom is -0.328 e. The van der Waals surface area contributed by atoms with Gasteiger partial charge in [0.05, 0.1) is 9.86 Å². The number of pyridine rings is 1. The van der Waals surface area contributed by atoms with Crippen molar-refractivity contribution in [2.24, 2.45) is 5.73 Å². The molecule has 6 heteroatoms. The summed E-state index contributed by atoms with van der Waals surface area (Å²) >= 11 is 2.93. The van der Waals surface area contributed by atoms with Crippen molar-refractivity contribution in [1.29, 1.82) is 0 Å². The van der Waals surface area contributed by atoms with Crippen molar-refractivity contribution in [3.63, 3.8) is 0 Å². The number of nitrogens with zero attached hydrogens (tertiary/aromatic N) is 1. The van der Waals surface area contributed by atoms with Gasteiger partial charge in [-0.05, 0) is 53.2 Å². The standard InChI is InChI=1S/C14H15BrF2N2O/c1-8(18)3-2-5-19-6-4-9-7-10(15)12(16)13(17)11(9)14(19)20/h4,6-8H,2-3,5,18H2,1H3. The van der Waals surface area contributed by atoms with E-state index in [1.165, 1.54) is 10.6 Å². The van der Waals surface area contributed by atoms with Crippen LogP contribution in [0.15, 0.2) is 27.6 Å². The molecule has 20 heavy (non-hydrogen) atoms. The number of aryl methyl sites for hydroxylation is 1. The van der Waals surface area contributed by atoms with Crippen molar-refractivity contribution >= 4 is 26.7 Å². The Hall–Kier alpha value is -1.27. The second-order valence-electron chi connectivity index (χ2n) is 4.88. The van der Waals surface area contributed by atoms with E-state index in [0.29, 0.717) is 18.4 Å². The average molecular weight is 345 g/mol. The lowest BCUT2D eigenvalue weighted by molar-refractivity contribution is 0.509. The van der Waals surface area contributed by atoms with E-state index in [-0.39, 0.29) is 15.9 Å². The molecular weight excluding hydrogens is 330 g/mol. The lowest BCUT2D eigenvalue weighted by Gasteiger charge is -2.10. The van der Waals surface area contributed by atoms with Gasteiger partial charge >= 0.3 is 0 Å². The highest BCUT2D eigenvalue weighted by Gasteiger charge is 2.15. The van der Waals surface area contributed by atoms with Crippen molar-refractivity contribution in [3.05, 3.63) is 44.8 Å². The fraction of sp³-hybridized carbons (Fsp3) is 0.357. The summed E-state index contributed by atoms with van der Waals surface area (Å²) in [6.07, 6.45) is 3.07. The molecule has 0 radical (unpaired) electrons. The molecule has 0 bridgehead atoms. The predicted octanol–water partition coefficient (Wildman–Crippen LogP) is 3.17. The summed E-state index contributed by atoms with van der Waals surface area (Å²) in [4.78, 5) is 12.2. The van der Waals surface area contributed by atoms with Gasteiger partial charge < -0.3 is 10.3 Å². The van der Waals surface area contributed by atoms with Crippen LogP contribution in [-0.2, 0) is 6.54 Å². The second-order valence-corrected chi connectivity index (χ2v) is 5.74. The van der Waals surface area contributed by atoms with Crippen molar-refractivity contribution in [2.75, 3.05) is 0 Å². The van der Waals surface area contributed by atoms with E-state index < -0.39 is 17.2 Å². The van der Waals surface area contributed by atoms with Gasteiger partial charge in [-0.3, -0.25) is 4.79 Å². The maximum atomic E-state index is 13.9. The van der Waals surface area contributed by atoms with Crippen LogP contribution in [-0.4, -0.2) is 10.6 Å². The maximum absolute atomic E-state index is 13.9. The van der Waals surface area contributed by atoms with Crippen molar-refractivity contribution in [3.8, 4) is 0 Å². The number of nitrogens with two attached hydrogens (primary N) is 1. The molecule has 0 fully saturated rings. The molecule has 1 aromatic carbocycles. The second kappa shape index (κ2) is 6.01. The van der Waals surface area contributed by atoms with E-state index in [4.69, 9.17) is 5.73 Å². The van der Waals surface area contributed by atoms with E-state index in [2.05, 4.69) is 15.9 Å². The van der Waals surface area contributed by atoms with Crippen LogP contribution in [0.25, 0.3) is 10.8 Å². The third-order valence-corrected chi connectivity index (χ3v) is 3.74. The Morgan fingerprint density at radius 3 is 2.75 bits per heavy atom. The Balaban J connectivity index is 2.45. The van der Waals surface area contributed by atoms with Gasteiger partial charge in [0, 0.05) is 18.8 Å². The van der Waals surface area contributed by atoms with Crippen LogP contribution in [0.5, 0.6) is 0 Å². The normalized spacial score (nSPS) is 12.8. The van der Waals surface area contributed by atoms with Gasteiger partial charge in [-0.1, -0.05) is 0 Å². The SMILES string of the molecule is CC(N)CCCn1ccc2cc(Br)c(F)c(F)c2c1=O. The van der Waals surface area contributed by atoms with Crippen LogP contribution in [0.2, 0.25) is 0 Å². The fourth-order valence-corrected chi connectivity index (χ4v) is 2.52. The van der Waals surface area contributed by atoms with Gasteiger partial charge in [0.1, 0.15) is 0 Å². The number of aromatic nitrogens is 1. The molecule has 0 aliphatic rings. The Morgan fingerprint density at radius 1 is 1.40 bits per heavy atom. The minimum absolute atomic E-state index is 0.0107. The van der Waals surface area contributed by atoms with Gasteiger partial charge in [0.25, 0.3) is 5.56 Å². The topological polar surface area (TPSA) is 48.0 Å². The summed E-state index contributed by atoms with van der Waals surface area (Å²) in [7, 11) is 0. The van der Waals surface area contributed by atoms with Crippen LogP contribution in [0, 0.1) is 11.6 Å². The summed E-state index contributed by atoms with van der Waals surface area (Å²) in [5.41, 5.74) is 5.13. The minimum atomic E-state index is -1.11. The highest BCUT2D eigenvalue weighted by molar-refractivity contribution is 9.10. The number of hydrogen-bond donors (Lipinski definition) is 1. The zero-order chi connectivity index (χ0) is 14.9. The van der Waals surface area contributed by atoms with Crippen molar-refractivity contribution in [1.82, 2.24) is 4.57 Å². The monoisotopic (exact) mass is 344 g/mol. The molecule has 0 saturated carbocycles. The summed E-state index contributed by atoms with van der Waals surface area (Å²) in [5.74, 6) is -2.15. The van der Waals surface area contributed by atoms with E-state index in [1.807, 2.05) is 6.92 Å². The first-order valence-electron chi connectivity index (χ1n) is 6.34. The molecule has 2 N–H and O–H groups in total. The van der Waals surface area contributed by atoms with Gasteiger partial charge in [0.15, 0.2) is 11.6 Å². The van der Waals surface area contributed by atoms with Crippen LogP contribution in [0.4, 0.5) is 8.78 Å². The third kappa shape index (κ3) is 2.91. The van der Waals surface area contributed by atoms with Gasteiger partial charge in [-0.15, -0.1) is 0 Å². The first-order valence-corrected chi connectivity index (χ1v) is 7.13. The van der Waals surface area contributed by atoms with Crippen LogP contribution in [0.3, 0.4) is 0 Å². The smallest absolute Gasteiger partial charge is 0.261 e. The molecule has 0 amide bonds. The maximum Gasteiger partial charge on any atom is 0.261 e. The number of benzene rings is 1. The molecule has 0 aliphatic heterocycles. The van der Waals surface area contributed by atoms with Crippen LogP contribution < -0.4 is 11.3 Å². The molecule has 1 unspecified atom stereocenters. The first-order chi connectivity index (χ1) is 9.41. The highest BCUT2D eigenvalue weighted by atomic mass is 79.9. The molecule has 2 aromatic rings. The molecule has 3 nitrogen and oxygen atoms in total. The lowest BCUT2D eigenvalue weighted by Crippen LogP contribution is -2.22. The van der Waals surface area contributed by atoms with Crippen molar-refractivity contribution in [2.45, 2.75) is 32.4 Å². The zero-order valence-corrected chi connectivity index (χ0v) is 12.6. The summed E-state index contributed by atoms with van der Waals surface area (Å²) in [5, 5.41) is 0.165. The molecule has 0 saturated heterocycles. The Morgan fingerprint density at radius 2 is 2.10 bits per heavy atom. The first kappa shape index (κ1) is 15.1. The summed E-state index contributed by atoms with van der Waals surface area (Å²) in [6.45, 7) is 2.32. The third-order valence-electron chi connectivity index (χ3n) is 3.16. The van der Waals surface area contributed by atoms with Gasteiger partial charge in [-0.2, -0.15) is 0 Å². The molecule has 0 spiro atoms. The quantitative estimate of drug-likeness (QED) is 0.866. The van der Waals surface area contributed by atoms with Crippen LogP contribution >= 0.6 is 15.9 Å². The van der Waals surface area contributed by atoms with E-state index in [9.17, 15) is 13.6 Å². The number of fused-ring (bicyclic) bond motifs is 1. The Kier molecular flexibility index (Phi) is 4.55. The summed E-state index contributed by atoms with van der Waals surface area (Å²) in [6, 6.07) is 3.06. The van der Waals surface area contributed by atoms with E-state index in [1.54, 1.807) is 12.3 Å². The molecule has 0 aliphatic carbocycles. The van der Waals surface area contributed by atoms with E-state index in [0.717, 1.165) is 6.42 Å². The highest BCUT2D eigenvalue weighted by Crippen LogP contribution is 2.25.